The number of rotatable bonds is 9. The van der Waals surface area contributed by atoms with Crippen LogP contribution < -0.4 is 0 Å². The first-order chi connectivity index (χ1) is 19.1. The Morgan fingerprint density at radius 1 is 0.850 bits per heavy atom. The summed E-state index contributed by atoms with van der Waals surface area (Å²) in [4.78, 5) is 24.8. The fraction of sp³-hybridized carbons (Fsp3) is 0.231. The zero-order chi connectivity index (χ0) is 29.1. The third-order valence-corrected chi connectivity index (χ3v) is 5.50. The Kier molecular flexibility index (Phi) is 11.0. The molecule has 208 valence electrons. The van der Waals surface area contributed by atoms with Crippen LogP contribution in [0.4, 0.5) is 0 Å². The van der Waals surface area contributed by atoms with Crippen molar-refractivity contribution < 1.29 is 19.4 Å². The molecule has 0 spiro atoms. The number of esters is 1. The lowest BCUT2D eigenvalue weighted by Gasteiger charge is -2.06. The van der Waals surface area contributed by atoms with Crippen LogP contribution in [0.15, 0.2) is 48.6 Å². The van der Waals surface area contributed by atoms with Gasteiger partial charge in [-0.15, -0.1) is 20.4 Å². The normalized spacial score (nSPS) is 11.0. The van der Waals surface area contributed by atoms with Gasteiger partial charge in [0, 0.05) is 22.2 Å². The van der Waals surface area contributed by atoms with Crippen LogP contribution in [0.1, 0.15) is 40.8 Å². The zero-order valence-corrected chi connectivity index (χ0v) is 23.4. The third-order valence-electron chi connectivity index (χ3n) is 5.03. The number of hydrogen-bond donors (Lipinski definition) is 1. The number of tetrazole rings is 2. The average molecular weight is 585 g/mol. The highest BCUT2D eigenvalue weighted by atomic mass is 35.5. The highest BCUT2D eigenvalue weighted by Crippen LogP contribution is 2.19. The number of hydrogen-bond acceptors (Lipinski definition) is 9. The molecule has 2 aromatic heterocycles. The minimum absolute atomic E-state index is 0.346. The van der Waals surface area contributed by atoms with E-state index in [9.17, 15) is 9.59 Å². The van der Waals surface area contributed by atoms with Crippen LogP contribution in [0.2, 0.25) is 10.0 Å². The molecule has 0 bridgehead atoms. The Morgan fingerprint density at radius 3 is 1.73 bits per heavy atom. The van der Waals surface area contributed by atoms with E-state index in [0.717, 1.165) is 28.3 Å². The van der Waals surface area contributed by atoms with E-state index in [4.69, 9.17) is 33.0 Å². The van der Waals surface area contributed by atoms with Crippen molar-refractivity contribution in [2.45, 2.75) is 33.9 Å². The zero-order valence-electron chi connectivity index (χ0n) is 21.9. The van der Waals surface area contributed by atoms with Gasteiger partial charge >= 0.3 is 11.9 Å². The van der Waals surface area contributed by atoms with E-state index >= 15 is 0 Å². The summed E-state index contributed by atoms with van der Waals surface area (Å²) in [6, 6.07) is 10.6. The number of carbonyl (C=O) groups is 2. The maximum absolute atomic E-state index is 11.4. The second-order valence-electron chi connectivity index (χ2n) is 8.18. The van der Waals surface area contributed by atoms with Crippen LogP contribution in [0.25, 0.3) is 12.2 Å². The molecular weight excluding hydrogens is 559 g/mol. The number of carboxylic acids is 1. The molecule has 0 fully saturated rings. The molecule has 40 heavy (non-hydrogen) atoms. The Balaban J connectivity index is 0.000000222. The van der Waals surface area contributed by atoms with Gasteiger partial charge in [-0.1, -0.05) is 35.3 Å². The number of aromatic nitrogens is 8. The minimum atomic E-state index is -1.00. The van der Waals surface area contributed by atoms with Crippen molar-refractivity contribution in [2.24, 2.45) is 0 Å². The summed E-state index contributed by atoms with van der Waals surface area (Å²) < 4.78 is 4.86. The second kappa shape index (κ2) is 14.7. The summed E-state index contributed by atoms with van der Waals surface area (Å²) in [6.45, 7) is 6.41. The van der Waals surface area contributed by atoms with Gasteiger partial charge in [-0.25, -0.2) is 9.59 Å². The van der Waals surface area contributed by atoms with Gasteiger partial charge in [0.05, 0.1) is 19.7 Å². The molecule has 0 aliphatic heterocycles. The van der Waals surface area contributed by atoms with Crippen molar-refractivity contribution in [1.29, 1.82) is 0 Å². The first-order valence-electron chi connectivity index (χ1n) is 11.9. The molecule has 4 aromatic rings. The van der Waals surface area contributed by atoms with Gasteiger partial charge in [0.25, 0.3) is 0 Å². The van der Waals surface area contributed by atoms with Gasteiger partial charge in [0.2, 0.25) is 0 Å². The predicted molar refractivity (Wildman–Crippen MR) is 149 cm³/mol. The molecule has 0 radical (unpaired) electrons. The smallest absolute Gasteiger partial charge is 0.330 e. The van der Waals surface area contributed by atoms with Gasteiger partial charge in [-0.3, -0.25) is 0 Å². The minimum Gasteiger partial charge on any atom is -0.478 e. The third kappa shape index (κ3) is 9.71. The van der Waals surface area contributed by atoms with E-state index < -0.39 is 5.97 Å². The van der Waals surface area contributed by atoms with Crippen LogP contribution >= 0.6 is 23.2 Å². The van der Waals surface area contributed by atoms with Gasteiger partial charge in [0.15, 0.2) is 11.6 Å². The summed E-state index contributed by atoms with van der Waals surface area (Å²) in [5.41, 5.74) is 3.31. The molecule has 0 aliphatic carbocycles. The second-order valence-corrected chi connectivity index (χ2v) is 9.05. The molecule has 4 rings (SSSR count). The molecular formula is C26H26Cl2N8O4. The largest absolute Gasteiger partial charge is 0.478 e. The number of nitrogens with zero attached hydrogens (tertiary/aromatic N) is 8. The molecule has 0 saturated heterocycles. The summed E-state index contributed by atoms with van der Waals surface area (Å²) in [6.07, 6.45) is 5.66. The Labute approximate surface area is 239 Å². The molecule has 2 aromatic carbocycles. The number of aryl methyl sites for hydroxylation is 2. The first kappa shape index (κ1) is 30.1. The van der Waals surface area contributed by atoms with Gasteiger partial charge in [-0.2, -0.15) is 9.59 Å². The number of halogens is 2. The Bertz CT molecular complexity index is 1530. The lowest BCUT2D eigenvalue weighted by atomic mass is 10.1. The SMILES string of the molecule is CCOC(=O)/C=C/c1ccc(Cl)cc1Cn1nnc(C)n1.Cc1nnn(Cc2cc(Cl)ccc2/C=C/C(=O)O)n1. The van der Waals surface area contributed by atoms with Gasteiger partial charge in [0.1, 0.15) is 0 Å². The summed E-state index contributed by atoms with van der Waals surface area (Å²) in [5.74, 6) is -0.214. The van der Waals surface area contributed by atoms with E-state index in [2.05, 4.69) is 30.8 Å². The van der Waals surface area contributed by atoms with Gasteiger partial charge < -0.3 is 9.84 Å². The molecule has 12 nitrogen and oxygen atoms in total. The summed E-state index contributed by atoms with van der Waals surface area (Å²) >= 11 is 12.0. The fourth-order valence-corrected chi connectivity index (χ4v) is 3.73. The average Bonchev–Trinajstić information content (AvgIpc) is 3.50. The van der Waals surface area contributed by atoms with Crippen LogP contribution in [0.3, 0.4) is 0 Å². The van der Waals surface area contributed by atoms with E-state index in [0.29, 0.717) is 41.4 Å². The van der Waals surface area contributed by atoms with Crippen LogP contribution in [0.5, 0.6) is 0 Å². The van der Waals surface area contributed by atoms with E-state index in [1.807, 2.05) is 12.1 Å². The molecule has 14 heteroatoms. The highest BCUT2D eigenvalue weighted by molar-refractivity contribution is 6.31. The molecule has 1 N–H and O–H groups in total. The topological polar surface area (TPSA) is 151 Å². The summed E-state index contributed by atoms with van der Waals surface area (Å²) in [7, 11) is 0. The van der Waals surface area contributed by atoms with E-state index in [-0.39, 0.29) is 5.97 Å². The molecule has 2 heterocycles. The van der Waals surface area contributed by atoms with Crippen molar-refractivity contribution in [3.05, 3.63) is 92.5 Å². The molecule has 0 saturated carbocycles. The Hall–Kier alpha value is -4.42. The number of carbonyl (C=O) groups excluding carboxylic acids is 1. The van der Waals surface area contributed by atoms with E-state index in [1.165, 1.54) is 21.7 Å². The van der Waals surface area contributed by atoms with E-state index in [1.54, 1.807) is 51.1 Å². The Morgan fingerprint density at radius 2 is 1.32 bits per heavy atom. The van der Waals surface area contributed by atoms with Crippen molar-refractivity contribution in [1.82, 2.24) is 40.4 Å². The molecule has 0 aliphatic rings. The van der Waals surface area contributed by atoms with Crippen LogP contribution in [-0.2, 0) is 27.4 Å². The predicted octanol–water partition coefficient (Wildman–Crippen LogP) is 4.04. The first-order valence-corrected chi connectivity index (χ1v) is 12.7. The monoisotopic (exact) mass is 584 g/mol. The lowest BCUT2D eigenvalue weighted by Crippen LogP contribution is -2.06. The van der Waals surface area contributed by atoms with Crippen molar-refractivity contribution in [2.75, 3.05) is 6.61 Å². The van der Waals surface area contributed by atoms with Crippen molar-refractivity contribution in [3.63, 3.8) is 0 Å². The highest BCUT2D eigenvalue weighted by Gasteiger charge is 2.07. The molecule has 0 unspecified atom stereocenters. The quantitative estimate of drug-likeness (QED) is 0.225. The summed E-state index contributed by atoms with van der Waals surface area (Å²) in [5, 5.41) is 33.4. The van der Waals surface area contributed by atoms with Crippen molar-refractivity contribution in [3.8, 4) is 0 Å². The maximum Gasteiger partial charge on any atom is 0.330 e. The molecule has 0 amide bonds. The number of ether oxygens (including phenoxy) is 1. The fourth-order valence-electron chi connectivity index (χ4n) is 3.34. The molecule has 0 atom stereocenters. The number of aliphatic carboxylic acids is 1. The van der Waals surface area contributed by atoms with Crippen molar-refractivity contribution >= 4 is 47.3 Å². The van der Waals surface area contributed by atoms with Gasteiger partial charge in [-0.05, 0) is 89.9 Å². The standard InChI is InChI=1S/C14H15ClN4O2.C12H11ClN4O2/c1-3-21-14(20)7-5-11-4-6-13(15)8-12(11)9-19-17-10(2)16-18-19;1-8-14-16-17(15-8)7-10-6-11(13)4-2-9(10)3-5-12(18)19/h4-8H,3,9H2,1-2H3;2-6H,7H2,1H3,(H,18,19)/b7-5+;5-3+. The number of carboxylic acid groups (broad SMARTS) is 1. The number of benzene rings is 2. The maximum atomic E-state index is 11.4. The lowest BCUT2D eigenvalue weighted by molar-refractivity contribution is -0.137. The van der Waals surface area contributed by atoms with Crippen LogP contribution in [0, 0.1) is 13.8 Å². The van der Waals surface area contributed by atoms with Crippen LogP contribution in [-0.4, -0.2) is 64.1 Å².